The minimum absolute atomic E-state index is 0.188. The summed E-state index contributed by atoms with van der Waals surface area (Å²) in [6, 6.07) is 10.8. The van der Waals surface area contributed by atoms with Crippen molar-refractivity contribution in [2.75, 3.05) is 7.11 Å². The smallest absolute Gasteiger partial charge is 0.335 e. The maximum atomic E-state index is 11.2. The minimum atomic E-state index is -0.985. The predicted octanol–water partition coefficient (Wildman–Crippen LogP) is 4.59. The Labute approximate surface area is 162 Å². The summed E-state index contributed by atoms with van der Waals surface area (Å²) >= 11 is 0. The van der Waals surface area contributed by atoms with E-state index in [-0.39, 0.29) is 5.56 Å². The molecule has 2 aromatic heterocycles. The number of nitrogens with zero attached hydrogens (tertiary/aromatic N) is 2. The summed E-state index contributed by atoms with van der Waals surface area (Å²) in [6.07, 6.45) is 12.4. The number of fused-ring (bicyclic) bond motifs is 1. The lowest BCUT2D eigenvalue weighted by Crippen LogP contribution is -1.98. The number of hydrogen-bond donors (Lipinski definition) is 1. The van der Waals surface area contributed by atoms with Crippen molar-refractivity contribution in [3.63, 3.8) is 0 Å². The zero-order valence-electron chi connectivity index (χ0n) is 15.3. The third-order valence-corrected chi connectivity index (χ3v) is 4.68. The van der Waals surface area contributed by atoms with E-state index >= 15 is 0 Å². The van der Waals surface area contributed by atoms with Crippen molar-refractivity contribution in [1.82, 2.24) is 9.97 Å². The lowest BCUT2D eigenvalue weighted by Gasteiger charge is -2.09. The molecule has 0 unspecified atom stereocenters. The minimum Gasteiger partial charge on any atom is -0.496 e. The van der Waals surface area contributed by atoms with Crippen molar-refractivity contribution in [3.05, 3.63) is 82.7 Å². The van der Waals surface area contributed by atoms with Gasteiger partial charge in [0.15, 0.2) is 0 Å². The van der Waals surface area contributed by atoms with Crippen LogP contribution in [0, 0.1) is 0 Å². The molecule has 1 aliphatic carbocycles. The Hall–Kier alpha value is -3.73. The first-order valence-corrected chi connectivity index (χ1v) is 8.86. The Morgan fingerprint density at radius 2 is 1.86 bits per heavy atom. The zero-order chi connectivity index (χ0) is 19.5. The van der Waals surface area contributed by atoms with Gasteiger partial charge in [0.25, 0.3) is 0 Å². The van der Waals surface area contributed by atoms with Gasteiger partial charge in [0.1, 0.15) is 5.75 Å². The summed E-state index contributed by atoms with van der Waals surface area (Å²) in [4.78, 5) is 19.7. The number of rotatable bonds is 5. The largest absolute Gasteiger partial charge is 0.496 e. The maximum Gasteiger partial charge on any atom is 0.335 e. The number of pyridine rings is 2. The Balaban J connectivity index is 1.65. The van der Waals surface area contributed by atoms with Crippen LogP contribution in [0.2, 0.25) is 0 Å². The molecule has 0 spiro atoms. The quantitative estimate of drug-likeness (QED) is 0.711. The van der Waals surface area contributed by atoms with Gasteiger partial charge in [0.2, 0.25) is 0 Å². The second kappa shape index (κ2) is 7.48. The monoisotopic (exact) mass is 370 g/mol. The standard InChI is InChI=1S/C23H18N2O3/c1-28-22-8-7-16(18-3-2-4-19(18)22)6-5-15-9-11-24-20(13-15)21-14-17(23(26)27)10-12-25-21/h2-3,5-14H,4H2,1H3,(H,26,27)/b6-5+. The second-order valence-corrected chi connectivity index (χ2v) is 6.40. The number of allylic oxidation sites excluding steroid dienone is 1. The van der Waals surface area contributed by atoms with Crippen LogP contribution in [-0.4, -0.2) is 28.2 Å². The molecule has 3 aromatic rings. The highest BCUT2D eigenvalue weighted by atomic mass is 16.5. The van der Waals surface area contributed by atoms with Crippen LogP contribution in [-0.2, 0) is 6.42 Å². The molecule has 4 rings (SSSR count). The van der Waals surface area contributed by atoms with Crippen LogP contribution in [0.3, 0.4) is 0 Å². The predicted molar refractivity (Wildman–Crippen MR) is 109 cm³/mol. The Morgan fingerprint density at radius 1 is 1.07 bits per heavy atom. The van der Waals surface area contributed by atoms with Gasteiger partial charge < -0.3 is 9.84 Å². The van der Waals surface area contributed by atoms with Gasteiger partial charge in [0, 0.05) is 18.0 Å². The third-order valence-electron chi connectivity index (χ3n) is 4.68. The highest BCUT2D eigenvalue weighted by molar-refractivity contribution is 5.88. The van der Waals surface area contributed by atoms with E-state index in [1.54, 1.807) is 13.3 Å². The molecule has 1 N–H and O–H groups in total. The number of methoxy groups -OCH3 is 1. The molecular formula is C23H18N2O3. The summed E-state index contributed by atoms with van der Waals surface area (Å²) in [6.45, 7) is 0. The molecule has 0 amide bonds. The summed E-state index contributed by atoms with van der Waals surface area (Å²) in [5.74, 6) is -0.0751. The van der Waals surface area contributed by atoms with Gasteiger partial charge in [-0.25, -0.2) is 4.79 Å². The first-order chi connectivity index (χ1) is 13.7. The van der Waals surface area contributed by atoms with E-state index in [0.29, 0.717) is 11.4 Å². The molecule has 2 heterocycles. The van der Waals surface area contributed by atoms with E-state index in [9.17, 15) is 4.79 Å². The summed E-state index contributed by atoms with van der Waals surface area (Å²) in [5.41, 5.74) is 5.81. The normalized spacial score (nSPS) is 12.3. The zero-order valence-corrected chi connectivity index (χ0v) is 15.3. The van der Waals surface area contributed by atoms with E-state index < -0.39 is 5.97 Å². The highest BCUT2D eigenvalue weighted by Gasteiger charge is 2.13. The van der Waals surface area contributed by atoms with Crippen molar-refractivity contribution >= 4 is 24.2 Å². The van der Waals surface area contributed by atoms with Crippen molar-refractivity contribution in [3.8, 4) is 17.1 Å². The number of carbonyl (C=O) groups is 1. The van der Waals surface area contributed by atoms with Crippen LogP contribution in [0.15, 0.2) is 54.9 Å². The van der Waals surface area contributed by atoms with Crippen molar-refractivity contribution in [2.45, 2.75) is 6.42 Å². The van der Waals surface area contributed by atoms with Crippen molar-refractivity contribution in [1.29, 1.82) is 0 Å². The Bertz CT molecular complexity index is 1120. The molecule has 5 nitrogen and oxygen atoms in total. The van der Waals surface area contributed by atoms with Gasteiger partial charge in [-0.2, -0.15) is 0 Å². The fraction of sp³-hybridized carbons (Fsp3) is 0.0870. The van der Waals surface area contributed by atoms with Crippen LogP contribution in [0.25, 0.3) is 29.6 Å². The van der Waals surface area contributed by atoms with Crippen LogP contribution in [0.1, 0.15) is 32.6 Å². The lowest BCUT2D eigenvalue weighted by molar-refractivity contribution is 0.0697. The Kier molecular flexibility index (Phi) is 4.72. The molecule has 1 aliphatic rings. The highest BCUT2D eigenvalue weighted by Crippen LogP contribution is 2.32. The fourth-order valence-electron chi connectivity index (χ4n) is 3.28. The number of benzene rings is 1. The average molecular weight is 370 g/mol. The number of aromatic carboxylic acids is 1. The Morgan fingerprint density at radius 3 is 2.64 bits per heavy atom. The SMILES string of the molecule is COc1ccc(/C=C/c2ccnc(-c3cc(C(=O)O)ccn3)c2)c2c1CC=C2. The molecule has 0 saturated carbocycles. The summed E-state index contributed by atoms with van der Waals surface area (Å²) < 4.78 is 5.44. The molecule has 138 valence electrons. The van der Waals surface area contributed by atoms with E-state index in [0.717, 1.165) is 23.3 Å². The number of hydrogen-bond acceptors (Lipinski definition) is 4. The van der Waals surface area contributed by atoms with Crippen LogP contribution < -0.4 is 4.74 Å². The van der Waals surface area contributed by atoms with Gasteiger partial charge in [0.05, 0.1) is 24.1 Å². The van der Waals surface area contributed by atoms with E-state index in [1.807, 2.05) is 30.3 Å². The van der Waals surface area contributed by atoms with Gasteiger partial charge >= 0.3 is 5.97 Å². The third kappa shape index (κ3) is 3.42. The van der Waals surface area contributed by atoms with E-state index in [2.05, 4.69) is 28.2 Å². The van der Waals surface area contributed by atoms with Crippen molar-refractivity contribution in [2.24, 2.45) is 0 Å². The molecule has 0 aliphatic heterocycles. The average Bonchev–Trinajstić information content (AvgIpc) is 3.22. The molecular weight excluding hydrogens is 352 g/mol. The molecule has 0 radical (unpaired) electrons. The topological polar surface area (TPSA) is 72.3 Å². The van der Waals surface area contributed by atoms with Gasteiger partial charge in [-0.1, -0.05) is 30.4 Å². The van der Waals surface area contributed by atoms with E-state index in [4.69, 9.17) is 9.84 Å². The fourth-order valence-corrected chi connectivity index (χ4v) is 3.28. The maximum absolute atomic E-state index is 11.2. The van der Waals surface area contributed by atoms with Crippen LogP contribution in [0.4, 0.5) is 0 Å². The van der Waals surface area contributed by atoms with Crippen LogP contribution in [0.5, 0.6) is 5.75 Å². The van der Waals surface area contributed by atoms with Crippen molar-refractivity contribution < 1.29 is 14.6 Å². The first-order valence-electron chi connectivity index (χ1n) is 8.86. The molecule has 0 bridgehead atoms. The summed E-state index contributed by atoms with van der Waals surface area (Å²) in [7, 11) is 1.69. The molecule has 28 heavy (non-hydrogen) atoms. The van der Waals surface area contributed by atoms with Crippen LogP contribution >= 0.6 is 0 Å². The van der Waals surface area contributed by atoms with Gasteiger partial charge in [-0.3, -0.25) is 9.97 Å². The lowest BCUT2D eigenvalue weighted by atomic mass is 10.0. The molecule has 0 atom stereocenters. The molecule has 1 aromatic carbocycles. The number of carboxylic acid groups (broad SMARTS) is 1. The number of carboxylic acids is 1. The van der Waals surface area contributed by atoms with E-state index in [1.165, 1.54) is 29.5 Å². The van der Waals surface area contributed by atoms with Gasteiger partial charge in [-0.05, 0) is 53.4 Å². The summed E-state index contributed by atoms with van der Waals surface area (Å²) in [5, 5.41) is 9.16. The number of ether oxygens (including phenoxy) is 1. The molecule has 5 heteroatoms. The number of aromatic nitrogens is 2. The van der Waals surface area contributed by atoms with Gasteiger partial charge in [-0.15, -0.1) is 0 Å². The molecule has 0 fully saturated rings. The first kappa shape index (κ1) is 17.7. The molecule has 0 saturated heterocycles. The second-order valence-electron chi connectivity index (χ2n) is 6.40.